The molecule has 1 atom stereocenters. The Kier molecular flexibility index (Phi) is 1.75. The van der Waals surface area contributed by atoms with E-state index >= 15 is 0 Å². The van der Waals surface area contributed by atoms with Crippen LogP contribution in [0.15, 0.2) is 0 Å². The van der Waals surface area contributed by atoms with Crippen molar-refractivity contribution in [1.82, 2.24) is 0 Å². The number of hydrogen-bond donors (Lipinski definition) is 1. The number of nitrogens with zero attached hydrogens (tertiary/aromatic N) is 1. The molecular formula is C4H6NO2S-. The van der Waals surface area contributed by atoms with Gasteiger partial charge in [-0.2, -0.15) is 11.8 Å². The molecule has 0 spiro atoms. The fourth-order valence-electron chi connectivity index (χ4n) is 0.536. The van der Waals surface area contributed by atoms with E-state index in [0.717, 1.165) is 5.75 Å². The van der Waals surface area contributed by atoms with Crippen molar-refractivity contribution in [1.29, 1.82) is 0 Å². The quantitative estimate of drug-likeness (QED) is 0.565. The van der Waals surface area contributed by atoms with Crippen molar-refractivity contribution < 1.29 is 9.90 Å². The zero-order valence-electron chi connectivity index (χ0n) is 4.20. The summed E-state index contributed by atoms with van der Waals surface area (Å²) in [6, 6.07) is 0. The van der Waals surface area contributed by atoms with E-state index in [0.29, 0.717) is 6.54 Å². The van der Waals surface area contributed by atoms with Gasteiger partial charge in [-0.3, -0.25) is 4.79 Å². The van der Waals surface area contributed by atoms with Crippen LogP contribution in [0.1, 0.15) is 0 Å². The fourth-order valence-corrected chi connectivity index (χ4v) is 1.32. The summed E-state index contributed by atoms with van der Waals surface area (Å²) in [5.74, 6) is 0.0456. The second-order valence-corrected chi connectivity index (χ2v) is 2.66. The van der Waals surface area contributed by atoms with Gasteiger partial charge >= 0.3 is 0 Å². The highest BCUT2D eigenvalue weighted by Crippen LogP contribution is 2.24. The molecule has 0 amide bonds. The van der Waals surface area contributed by atoms with Crippen molar-refractivity contribution in [3.63, 3.8) is 0 Å². The average molecular weight is 132 g/mol. The summed E-state index contributed by atoms with van der Waals surface area (Å²) < 4.78 is 0. The molecule has 1 unspecified atom stereocenters. The molecule has 0 saturated carbocycles. The van der Waals surface area contributed by atoms with Crippen LogP contribution in [0.3, 0.4) is 0 Å². The number of rotatable bonds is 1. The van der Waals surface area contributed by atoms with E-state index in [1.54, 1.807) is 0 Å². The van der Waals surface area contributed by atoms with Crippen LogP contribution in [0.4, 0.5) is 0 Å². The third-order valence-corrected chi connectivity index (χ3v) is 1.96. The van der Waals surface area contributed by atoms with Crippen molar-refractivity contribution in [2.45, 2.75) is 5.37 Å². The molecule has 0 aliphatic carbocycles. The van der Waals surface area contributed by atoms with E-state index in [1.807, 2.05) is 0 Å². The van der Waals surface area contributed by atoms with Gasteiger partial charge in [0, 0.05) is 5.37 Å². The maximum absolute atomic E-state index is 10.1. The summed E-state index contributed by atoms with van der Waals surface area (Å²) in [7, 11) is 0. The maximum Gasteiger partial charge on any atom is 0.295 e. The van der Waals surface area contributed by atoms with Crippen LogP contribution in [-0.2, 0) is 4.79 Å². The summed E-state index contributed by atoms with van der Waals surface area (Å²) >= 11 is 1.38. The highest BCUT2D eigenvalue weighted by molar-refractivity contribution is 8.01. The summed E-state index contributed by atoms with van der Waals surface area (Å²) in [6.45, 7) is 0.696. The van der Waals surface area contributed by atoms with E-state index in [1.165, 1.54) is 11.8 Å². The SMILES string of the molecule is O=C(O)C1[N-]CCS1. The van der Waals surface area contributed by atoms with Crippen LogP contribution in [0, 0.1) is 0 Å². The predicted octanol–water partition coefficient (Wildman–Crippen LogP) is 0.518. The number of carboxylic acids is 1. The van der Waals surface area contributed by atoms with E-state index in [-0.39, 0.29) is 0 Å². The van der Waals surface area contributed by atoms with Gasteiger partial charge < -0.3 is 10.4 Å². The zero-order chi connectivity index (χ0) is 5.98. The van der Waals surface area contributed by atoms with Gasteiger partial charge in [-0.1, -0.05) is 0 Å². The Morgan fingerprint density at radius 2 is 2.62 bits per heavy atom. The number of aliphatic carboxylic acids is 1. The van der Waals surface area contributed by atoms with Crippen LogP contribution < -0.4 is 0 Å². The second kappa shape index (κ2) is 2.37. The molecule has 0 radical (unpaired) electrons. The molecule has 0 bridgehead atoms. The van der Waals surface area contributed by atoms with Gasteiger partial charge in [0.05, 0.1) is 0 Å². The van der Waals surface area contributed by atoms with Crippen LogP contribution >= 0.6 is 11.8 Å². The topological polar surface area (TPSA) is 51.4 Å². The number of carboxylic acid groups (broad SMARTS) is 1. The minimum atomic E-state index is -0.812. The van der Waals surface area contributed by atoms with Crippen molar-refractivity contribution in [2.75, 3.05) is 12.3 Å². The molecule has 46 valence electrons. The molecule has 1 saturated heterocycles. The molecule has 1 N–H and O–H groups in total. The van der Waals surface area contributed by atoms with Gasteiger partial charge in [0.2, 0.25) is 0 Å². The fraction of sp³-hybridized carbons (Fsp3) is 0.750. The molecule has 4 heteroatoms. The summed E-state index contributed by atoms with van der Waals surface area (Å²) in [6.07, 6.45) is 0. The molecule has 1 heterocycles. The Hall–Kier alpha value is -0.220. The van der Waals surface area contributed by atoms with Gasteiger partial charge in [-0.05, 0) is 5.75 Å². The van der Waals surface area contributed by atoms with E-state index in [2.05, 4.69) is 5.32 Å². The minimum absolute atomic E-state index is 0.477. The molecular weight excluding hydrogens is 126 g/mol. The first-order valence-electron chi connectivity index (χ1n) is 2.32. The first kappa shape index (κ1) is 5.91. The summed E-state index contributed by atoms with van der Waals surface area (Å²) in [4.78, 5) is 10.1. The molecule has 3 nitrogen and oxygen atoms in total. The first-order valence-corrected chi connectivity index (χ1v) is 3.36. The van der Waals surface area contributed by atoms with Crippen LogP contribution in [0.2, 0.25) is 0 Å². The van der Waals surface area contributed by atoms with Crippen molar-refractivity contribution in [2.24, 2.45) is 0 Å². The lowest BCUT2D eigenvalue weighted by Crippen LogP contribution is -2.10. The lowest BCUT2D eigenvalue weighted by atomic mass is 10.6. The maximum atomic E-state index is 10.1. The molecule has 1 rings (SSSR count). The van der Waals surface area contributed by atoms with Crippen molar-refractivity contribution in [3.8, 4) is 0 Å². The molecule has 0 aromatic heterocycles. The van der Waals surface area contributed by atoms with Crippen LogP contribution in [0.25, 0.3) is 5.32 Å². The van der Waals surface area contributed by atoms with E-state index in [9.17, 15) is 4.79 Å². The van der Waals surface area contributed by atoms with Crippen molar-refractivity contribution >= 4 is 17.7 Å². The summed E-state index contributed by atoms with van der Waals surface area (Å²) in [5.41, 5.74) is 0. The Morgan fingerprint density at radius 1 is 1.88 bits per heavy atom. The second-order valence-electron chi connectivity index (χ2n) is 1.47. The Balaban J connectivity index is 2.35. The van der Waals surface area contributed by atoms with Crippen molar-refractivity contribution in [3.05, 3.63) is 5.32 Å². The largest absolute Gasteiger partial charge is 0.641 e. The Bertz CT molecular complexity index is 100. The third-order valence-electron chi connectivity index (χ3n) is 0.873. The van der Waals surface area contributed by atoms with E-state index < -0.39 is 11.3 Å². The zero-order valence-corrected chi connectivity index (χ0v) is 5.02. The molecule has 1 fully saturated rings. The van der Waals surface area contributed by atoms with Gasteiger partial charge in [-0.15, -0.1) is 6.54 Å². The van der Waals surface area contributed by atoms with Gasteiger partial charge in [-0.25, -0.2) is 0 Å². The van der Waals surface area contributed by atoms with Crippen LogP contribution in [-0.4, -0.2) is 28.7 Å². The van der Waals surface area contributed by atoms with Gasteiger partial charge in [0.15, 0.2) is 0 Å². The number of carbonyl (C=O) groups is 1. The standard InChI is InChI=1S/C4H6NO2S/c6-4(7)3-5-1-2-8-3/h3H,1-2H2,(H,6,7)/q-1. The molecule has 1 aliphatic heterocycles. The monoisotopic (exact) mass is 132 g/mol. The Labute approximate surface area is 51.5 Å². The average Bonchev–Trinajstić information content (AvgIpc) is 2.12. The lowest BCUT2D eigenvalue weighted by molar-refractivity contribution is -0.135. The smallest absolute Gasteiger partial charge is 0.295 e. The lowest BCUT2D eigenvalue weighted by Gasteiger charge is -2.14. The van der Waals surface area contributed by atoms with Gasteiger partial charge in [0.1, 0.15) is 0 Å². The number of hydrogen-bond acceptors (Lipinski definition) is 2. The molecule has 0 aromatic rings. The Morgan fingerprint density at radius 3 is 2.88 bits per heavy atom. The minimum Gasteiger partial charge on any atom is -0.641 e. The molecule has 1 aliphatic rings. The highest BCUT2D eigenvalue weighted by atomic mass is 32.2. The summed E-state index contributed by atoms with van der Waals surface area (Å²) in [5, 5.41) is 11.6. The molecule has 8 heavy (non-hydrogen) atoms. The van der Waals surface area contributed by atoms with E-state index in [4.69, 9.17) is 5.11 Å². The third kappa shape index (κ3) is 1.14. The highest BCUT2D eigenvalue weighted by Gasteiger charge is 2.09. The number of thioether (sulfide) groups is 1. The molecule has 0 aromatic carbocycles. The van der Waals surface area contributed by atoms with Gasteiger partial charge in [0.25, 0.3) is 5.97 Å². The normalized spacial score (nSPS) is 28.2. The predicted molar refractivity (Wildman–Crippen MR) is 32.1 cm³/mol. The van der Waals surface area contributed by atoms with Crippen LogP contribution in [0.5, 0.6) is 0 Å². The first-order chi connectivity index (χ1) is 3.80.